The van der Waals surface area contributed by atoms with Gasteiger partial charge in [-0.25, -0.2) is 0 Å². The predicted molar refractivity (Wildman–Crippen MR) is 111 cm³/mol. The van der Waals surface area contributed by atoms with Crippen LogP contribution in [0.2, 0.25) is 0 Å². The van der Waals surface area contributed by atoms with Crippen LogP contribution in [0.25, 0.3) is 16.6 Å². The quantitative estimate of drug-likeness (QED) is 0.599. The van der Waals surface area contributed by atoms with Gasteiger partial charge < -0.3 is 9.80 Å². The van der Waals surface area contributed by atoms with Crippen molar-refractivity contribution >= 4 is 27.9 Å². The van der Waals surface area contributed by atoms with Gasteiger partial charge in [0.05, 0.1) is 24.4 Å². The van der Waals surface area contributed by atoms with Gasteiger partial charge >= 0.3 is 0 Å². The van der Waals surface area contributed by atoms with E-state index in [0.717, 1.165) is 18.7 Å². The highest BCUT2D eigenvalue weighted by atomic mass is 32.1. The summed E-state index contributed by atoms with van der Waals surface area (Å²) in [5, 5.41) is 3.58. The first kappa shape index (κ1) is 15.7. The summed E-state index contributed by atoms with van der Waals surface area (Å²) in [6.07, 6.45) is 9.56. The number of benzene rings is 1. The summed E-state index contributed by atoms with van der Waals surface area (Å²) < 4.78 is 0. The summed E-state index contributed by atoms with van der Waals surface area (Å²) in [6.45, 7) is 2.18. The normalized spacial score (nSPS) is 24.2. The maximum atomic E-state index is 4.54. The molecule has 1 aromatic carbocycles. The topological polar surface area (TPSA) is 19.4 Å². The highest BCUT2D eigenvalue weighted by molar-refractivity contribution is 7.10. The fourth-order valence-corrected chi connectivity index (χ4v) is 6.10. The highest BCUT2D eigenvalue weighted by Gasteiger charge is 2.35. The number of rotatable bonds is 2. The Bertz CT molecular complexity index is 1020. The van der Waals surface area contributed by atoms with E-state index in [-0.39, 0.29) is 0 Å². The lowest BCUT2D eigenvalue weighted by Gasteiger charge is -2.35. The van der Waals surface area contributed by atoms with Gasteiger partial charge in [0.2, 0.25) is 0 Å². The molecule has 1 fully saturated rings. The van der Waals surface area contributed by atoms with Crippen LogP contribution in [0.15, 0.2) is 54.2 Å². The van der Waals surface area contributed by atoms with Crippen LogP contribution in [0, 0.1) is 0 Å². The number of thiophene rings is 1. The van der Waals surface area contributed by atoms with Crippen LogP contribution in [0.4, 0.5) is 0 Å². The predicted octanol–water partition coefficient (Wildman–Crippen LogP) is 5.41. The molecule has 1 saturated carbocycles. The molecule has 1 aliphatic carbocycles. The molecule has 2 aromatic heterocycles. The van der Waals surface area contributed by atoms with E-state index in [9.17, 15) is 0 Å². The van der Waals surface area contributed by atoms with Crippen molar-refractivity contribution in [3.63, 3.8) is 0 Å². The molecule has 3 nitrogen and oxygen atoms in total. The van der Waals surface area contributed by atoms with Crippen molar-refractivity contribution in [1.29, 1.82) is 0 Å². The lowest BCUT2D eigenvalue weighted by molar-refractivity contribution is 0.171. The molecule has 3 aliphatic rings. The van der Waals surface area contributed by atoms with Crippen LogP contribution in [0.5, 0.6) is 0 Å². The van der Waals surface area contributed by atoms with Crippen molar-refractivity contribution in [3.05, 3.63) is 70.2 Å². The van der Waals surface area contributed by atoms with Gasteiger partial charge in [0.1, 0.15) is 0 Å². The van der Waals surface area contributed by atoms with Crippen molar-refractivity contribution in [2.24, 2.45) is 0 Å². The number of para-hydroxylation sites is 1. The molecule has 0 radical (unpaired) electrons. The molecule has 0 N–H and O–H groups in total. The number of hydrogen-bond donors (Lipinski definition) is 0. The third-order valence-corrected chi connectivity index (χ3v) is 7.51. The van der Waals surface area contributed by atoms with Gasteiger partial charge in [0, 0.05) is 34.3 Å². The third kappa shape index (κ3) is 2.50. The molecule has 0 saturated heterocycles. The third-order valence-electron chi connectivity index (χ3n) is 6.61. The first-order valence-electron chi connectivity index (χ1n) is 10.00. The van der Waals surface area contributed by atoms with Gasteiger partial charge in [-0.3, -0.25) is 4.98 Å². The van der Waals surface area contributed by atoms with Crippen LogP contribution >= 0.6 is 11.3 Å². The Balaban J connectivity index is 1.19. The minimum Gasteiger partial charge on any atom is -0.355 e. The van der Waals surface area contributed by atoms with Crippen molar-refractivity contribution in [2.45, 2.75) is 44.2 Å². The lowest BCUT2D eigenvalue weighted by atomic mass is 9.80. The largest absolute Gasteiger partial charge is 0.355 e. The van der Waals surface area contributed by atoms with E-state index in [1.54, 1.807) is 0 Å². The minimum atomic E-state index is 0.674. The van der Waals surface area contributed by atoms with E-state index in [0.29, 0.717) is 12.0 Å². The molecular formula is C23H23N3S. The van der Waals surface area contributed by atoms with Gasteiger partial charge in [0.15, 0.2) is 0 Å². The molecule has 2 aliphatic heterocycles. The van der Waals surface area contributed by atoms with E-state index >= 15 is 0 Å². The van der Waals surface area contributed by atoms with Gasteiger partial charge in [-0.05, 0) is 60.7 Å². The zero-order chi connectivity index (χ0) is 17.8. The molecule has 4 heterocycles. The summed E-state index contributed by atoms with van der Waals surface area (Å²) in [5.41, 5.74) is 5.56. The molecule has 136 valence electrons. The van der Waals surface area contributed by atoms with Gasteiger partial charge in [-0.1, -0.05) is 18.2 Å². The summed E-state index contributed by atoms with van der Waals surface area (Å²) in [4.78, 5) is 11.2. The average Bonchev–Trinajstić information content (AvgIpc) is 3.40. The smallest absolute Gasteiger partial charge is 0.0905 e. The fraction of sp³-hybridized carbons (Fsp3) is 0.348. The van der Waals surface area contributed by atoms with Gasteiger partial charge in [0.25, 0.3) is 0 Å². The molecule has 0 bridgehead atoms. The molecule has 3 aromatic rings. The second-order valence-corrected chi connectivity index (χ2v) is 9.05. The maximum absolute atomic E-state index is 4.54. The van der Waals surface area contributed by atoms with E-state index < -0.39 is 0 Å². The summed E-state index contributed by atoms with van der Waals surface area (Å²) in [6, 6.07) is 13.8. The SMILES string of the molecule is C1=C2c3ccsc3CN2CN1C1CCC(c2ccnc3ccccc23)CC1. The zero-order valence-electron chi connectivity index (χ0n) is 15.3. The van der Waals surface area contributed by atoms with Crippen LogP contribution in [0.1, 0.15) is 47.6 Å². The minimum absolute atomic E-state index is 0.674. The first-order valence-corrected chi connectivity index (χ1v) is 10.9. The standard InChI is InChI=1S/C23H23N3S/c1-2-4-21-19(3-1)18(9-11-24-21)16-5-7-17(8-6-16)25-13-22-20-10-12-27-23(20)14-26(22)15-25/h1-4,9-13,16-17H,5-8,14-15H2. The monoisotopic (exact) mass is 373 g/mol. The number of aromatic nitrogens is 1. The average molecular weight is 374 g/mol. The first-order chi connectivity index (χ1) is 13.4. The molecule has 0 atom stereocenters. The van der Waals surface area contributed by atoms with Crippen LogP contribution in [-0.4, -0.2) is 27.5 Å². The second-order valence-electron chi connectivity index (χ2n) is 8.05. The lowest BCUT2D eigenvalue weighted by Crippen LogP contribution is -2.36. The zero-order valence-corrected chi connectivity index (χ0v) is 16.2. The molecule has 6 rings (SSSR count). The van der Waals surface area contributed by atoms with Crippen molar-refractivity contribution in [1.82, 2.24) is 14.8 Å². The number of nitrogens with zero attached hydrogens (tertiary/aromatic N) is 3. The summed E-state index contributed by atoms with van der Waals surface area (Å²) in [7, 11) is 0. The Morgan fingerprint density at radius 1 is 1.00 bits per heavy atom. The van der Waals surface area contributed by atoms with Crippen LogP contribution < -0.4 is 0 Å². The Labute approximate surface area is 163 Å². The van der Waals surface area contributed by atoms with Crippen LogP contribution in [0.3, 0.4) is 0 Å². The molecule has 4 heteroatoms. The number of fused-ring (bicyclic) bond motifs is 4. The van der Waals surface area contributed by atoms with E-state index in [1.165, 1.54) is 52.8 Å². The molecule has 27 heavy (non-hydrogen) atoms. The van der Waals surface area contributed by atoms with Crippen molar-refractivity contribution in [3.8, 4) is 0 Å². The molecule has 0 amide bonds. The number of hydrogen-bond acceptors (Lipinski definition) is 4. The maximum Gasteiger partial charge on any atom is 0.0905 e. The Morgan fingerprint density at radius 2 is 1.89 bits per heavy atom. The highest BCUT2D eigenvalue weighted by Crippen LogP contribution is 2.43. The molecule has 0 spiro atoms. The van der Waals surface area contributed by atoms with Crippen molar-refractivity contribution < 1.29 is 0 Å². The Kier molecular flexibility index (Phi) is 3.55. The second kappa shape index (κ2) is 6.10. The Hall–Kier alpha value is -2.33. The van der Waals surface area contributed by atoms with Gasteiger partial charge in [-0.2, -0.15) is 0 Å². The van der Waals surface area contributed by atoms with Crippen molar-refractivity contribution in [2.75, 3.05) is 6.67 Å². The molecular weight excluding hydrogens is 350 g/mol. The fourth-order valence-electron chi connectivity index (χ4n) is 5.21. The van der Waals surface area contributed by atoms with Crippen LogP contribution in [-0.2, 0) is 6.54 Å². The van der Waals surface area contributed by atoms with E-state index in [1.807, 2.05) is 17.5 Å². The number of pyridine rings is 1. The Morgan fingerprint density at radius 3 is 2.81 bits per heavy atom. The molecule has 0 unspecified atom stereocenters. The van der Waals surface area contributed by atoms with Gasteiger partial charge in [-0.15, -0.1) is 11.3 Å². The van der Waals surface area contributed by atoms with E-state index in [4.69, 9.17) is 0 Å². The summed E-state index contributed by atoms with van der Waals surface area (Å²) >= 11 is 1.90. The summed E-state index contributed by atoms with van der Waals surface area (Å²) in [5.74, 6) is 0.674. The van der Waals surface area contributed by atoms with E-state index in [2.05, 4.69) is 62.8 Å².